The summed E-state index contributed by atoms with van der Waals surface area (Å²) in [6.45, 7) is 5.41. The molecule has 0 bridgehead atoms. The average Bonchev–Trinajstić information content (AvgIpc) is 3.33. The van der Waals surface area contributed by atoms with Crippen LogP contribution in [0.2, 0.25) is 5.02 Å². The minimum atomic E-state index is -0.243. The maximum absolute atomic E-state index is 12.5. The maximum atomic E-state index is 12.5. The van der Waals surface area contributed by atoms with Gasteiger partial charge in [0.25, 0.3) is 5.91 Å². The van der Waals surface area contributed by atoms with Crippen LogP contribution in [-0.4, -0.2) is 33.9 Å². The summed E-state index contributed by atoms with van der Waals surface area (Å²) in [7, 11) is 0. The van der Waals surface area contributed by atoms with E-state index in [-0.39, 0.29) is 5.91 Å². The van der Waals surface area contributed by atoms with Gasteiger partial charge in [-0.2, -0.15) is 0 Å². The van der Waals surface area contributed by atoms with E-state index >= 15 is 0 Å². The summed E-state index contributed by atoms with van der Waals surface area (Å²) >= 11 is 8.81. The molecule has 28 heavy (non-hydrogen) atoms. The fourth-order valence-electron chi connectivity index (χ4n) is 2.89. The van der Waals surface area contributed by atoms with E-state index in [0.717, 1.165) is 36.8 Å². The maximum Gasteiger partial charge on any atom is 0.276 e. The van der Waals surface area contributed by atoms with E-state index in [4.69, 9.17) is 16.3 Å². The Kier molecular flexibility index (Phi) is 5.91. The smallest absolute Gasteiger partial charge is 0.276 e. The van der Waals surface area contributed by atoms with Crippen molar-refractivity contribution in [1.29, 1.82) is 0 Å². The number of anilines is 1. The number of fused-ring (bicyclic) bond motifs is 1. The number of carbonyl (C=O) groups excluding carboxylic acids is 1. The fraction of sp³-hybridized carbons (Fsp3) is 0.316. The van der Waals surface area contributed by atoms with Crippen LogP contribution in [0.1, 0.15) is 33.0 Å². The van der Waals surface area contributed by atoms with E-state index in [0.29, 0.717) is 28.2 Å². The molecule has 6 nitrogen and oxygen atoms in total. The third kappa shape index (κ3) is 4.52. The lowest BCUT2D eigenvalue weighted by Gasteiger charge is -2.23. The van der Waals surface area contributed by atoms with Crippen molar-refractivity contribution in [2.45, 2.75) is 26.5 Å². The van der Waals surface area contributed by atoms with E-state index in [1.165, 1.54) is 16.2 Å². The minimum absolute atomic E-state index is 0.243. The van der Waals surface area contributed by atoms with Crippen LogP contribution >= 0.6 is 34.3 Å². The summed E-state index contributed by atoms with van der Waals surface area (Å²) in [5, 5.41) is 6.65. The van der Waals surface area contributed by atoms with Crippen molar-refractivity contribution in [2.24, 2.45) is 0 Å². The van der Waals surface area contributed by atoms with Gasteiger partial charge in [-0.25, -0.2) is 9.97 Å². The molecule has 0 aliphatic carbocycles. The second kappa shape index (κ2) is 8.57. The number of rotatable bonds is 6. The Hall–Kier alpha value is -2.00. The molecule has 9 heteroatoms. The fourth-order valence-corrected chi connectivity index (χ4v) is 4.75. The van der Waals surface area contributed by atoms with Crippen LogP contribution in [0.3, 0.4) is 0 Å². The Morgan fingerprint density at radius 1 is 1.32 bits per heavy atom. The van der Waals surface area contributed by atoms with Crippen LogP contribution in [0.5, 0.6) is 5.75 Å². The molecule has 146 valence electrons. The molecule has 1 aromatic carbocycles. The normalized spacial score (nSPS) is 13.9. The number of halogens is 1. The zero-order valence-corrected chi connectivity index (χ0v) is 17.7. The Bertz CT molecular complexity index is 971. The number of benzene rings is 1. The first-order valence-corrected chi connectivity index (χ1v) is 11.0. The molecule has 0 unspecified atom stereocenters. The molecule has 1 amide bonds. The van der Waals surface area contributed by atoms with Crippen LogP contribution in [0.4, 0.5) is 5.13 Å². The topological polar surface area (TPSA) is 67.4 Å². The van der Waals surface area contributed by atoms with Crippen molar-refractivity contribution in [2.75, 3.05) is 18.4 Å². The van der Waals surface area contributed by atoms with E-state index in [2.05, 4.69) is 27.1 Å². The highest BCUT2D eigenvalue weighted by Crippen LogP contribution is 2.28. The summed E-state index contributed by atoms with van der Waals surface area (Å²) < 4.78 is 5.68. The lowest BCUT2D eigenvalue weighted by Crippen LogP contribution is -2.29. The van der Waals surface area contributed by atoms with Gasteiger partial charge in [0.2, 0.25) is 0 Å². The number of ether oxygens (including phenoxy) is 1. The highest BCUT2D eigenvalue weighted by molar-refractivity contribution is 7.16. The molecule has 1 N–H and O–H groups in total. The monoisotopic (exact) mass is 434 g/mol. The highest BCUT2D eigenvalue weighted by atomic mass is 35.5. The second-order valence-electron chi connectivity index (χ2n) is 6.33. The molecule has 0 fully saturated rings. The molecule has 1 aliphatic rings. The zero-order valence-electron chi connectivity index (χ0n) is 15.3. The third-order valence-corrected chi connectivity index (χ3v) is 6.51. The Balaban J connectivity index is 1.35. The number of amides is 1. The number of nitrogens with one attached hydrogen (secondary N) is 1. The molecule has 0 radical (unpaired) electrons. The van der Waals surface area contributed by atoms with Crippen LogP contribution in [0, 0.1) is 0 Å². The summed E-state index contributed by atoms with van der Waals surface area (Å²) in [5.74, 6) is 0.465. The van der Waals surface area contributed by atoms with Gasteiger partial charge in [-0.1, -0.05) is 18.5 Å². The lowest BCUT2D eigenvalue weighted by molar-refractivity contribution is 0.102. The van der Waals surface area contributed by atoms with Gasteiger partial charge in [-0.15, -0.1) is 22.7 Å². The molecule has 3 heterocycles. The number of nitrogens with zero attached hydrogens (tertiary/aromatic N) is 3. The van der Waals surface area contributed by atoms with Crippen molar-refractivity contribution in [3.63, 3.8) is 0 Å². The lowest BCUT2D eigenvalue weighted by atomic mass is 10.2. The predicted octanol–water partition coefficient (Wildman–Crippen LogP) is 4.46. The molecule has 4 rings (SSSR count). The van der Waals surface area contributed by atoms with Gasteiger partial charge < -0.3 is 4.74 Å². The molecule has 0 saturated heterocycles. The van der Waals surface area contributed by atoms with Crippen molar-refractivity contribution in [1.82, 2.24) is 14.9 Å². The number of likely N-dealkylation sites (N-methyl/N-ethyl adjacent to an activating group) is 1. The number of aromatic nitrogens is 2. The summed E-state index contributed by atoms with van der Waals surface area (Å²) in [5.41, 5.74) is 1.48. The SMILES string of the molecule is CCN1CCc2nc(NC(=O)c3csc(COc4ccc(Cl)cc4)n3)sc2C1. The first-order chi connectivity index (χ1) is 13.6. The Morgan fingerprint density at radius 3 is 2.93 bits per heavy atom. The highest BCUT2D eigenvalue weighted by Gasteiger charge is 2.21. The molecule has 2 aromatic heterocycles. The molecule has 3 aromatic rings. The molecule has 0 atom stereocenters. The zero-order chi connectivity index (χ0) is 19.5. The van der Waals surface area contributed by atoms with Gasteiger partial charge in [0, 0.05) is 34.8 Å². The first kappa shape index (κ1) is 19.3. The number of thiazole rings is 2. The molecular formula is C19H19ClN4O2S2. The molecule has 1 aliphatic heterocycles. The van der Waals surface area contributed by atoms with Gasteiger partial charge in [0.15, 0.2) is 5.13 Å². The van der Waals surface area contributed by atoms with Crippen LogP contribution in [0.15, 0.2) is 29.6 Å². The summed E-state index contributed by atoms with van der Waals surface area (Å²) in [6.07, 6.45) is 0.929. The predicted molar refractivity (Wildman–Crippen MR) is 113 cm³/mol. The van der Waals surface area contributed by atoms with Crippen molar-refractivity contribution in [3.05, 3.63) is 55.9 Å². The van der Waals surface area contributed by atoms with E-state index < -0.39 is 0 Å². The standard InChI is InChI=1S/C19H19ClN4O2S2/c1-2-24-8-7-14-16(9-24)28-19(22-14)23-18(25)15-11-27-17(21-15)10-26-13-5-3-12(20)4-6-13/h3-6,11H,2,7-10H2,1H3,(H,22,23,25). The number of carbonyl (C=O) groups is 1. The van der Waals surface area contributed by atoms with Crippen molar-refractivity contribution >= 4 is 45.3 Å². The Morgan fingerprint density at radius 2 is 2.14 bits per heavy atom. The quantitative estimate of drug-likeness (QED) is 0.620. The van der Waals surface area contributed by atoms with Gasteiger partial charge in [0.1, 0.15) is 23.1 Å². The van der Waals surface area contributed by atoms with Gasteiger partial charge in [0.05, 0.1) is 5.69 Å². The molecule has 0 saturated carbocycles. The largest absolute Gasteiger partial charge is 0.486 e. The van der Waals surface area contributed by atoms with Crippen molar-refractivity contribution in [3.8, 4) is 5.75 Å². The number of hydrogen-bond acceptors (Lipinski definition) is 7. The van der Waals surface area contributed by atoms with Gasteiger partial charge >= 0.3 is 0 Å². The molecular weight excluding hydrogens is 416 g/mol. The van der Waals surface area contributed by atoms with Crippen LogP contribution in [0.25, 0.3) is 0 Å². The second-order valence-corrected chi connectivity index (χ2v) is 8.79. The van der Waals surface area contributed by atoms with Gasteiger partial charge in [-0.3, -0.25) is 15.0 Å². The summed E-state index contributed by atoms with van der Waals surface area (Å²) in [6, 6.07) is 7.14. The van der Waals surface area contributed by atoms with Crippen molar-refractivity contribution < 1.29 is 9.53 Å². The van der Waals surface area contributed by atoms with Crippen LogP contribution < -0.4 is 10.1 Å². The van der Waals surface area contributed by atoms with E-state index in [9.17, 15) is 4.79 Å². The molecule has 0 spiro atoms. The summed E-state index contributed by atoms with van der Waals surface area (Å²) in [4.78, 5) is 25.1. The van der Waals surface area contributed by atoms with E-state index in [1.807, 2.05) is 0 Å². The first-order valence-electron chi connectivity index (χ1n) is 8.95. The number of hydrogen-bond donors (Lipinski definition) is 1. The van der Waals surface area contributed by atoms with Crippen LogP contribution in [-0.2, 0) is 19.6 Å². The van der Waals surface area contributed by atoms with E-state index in [1.54, 1.807) is 41.0 Å². The van der Waals surface area contributed by atoms with Gasteiger partial charge in [-0.05, 0) is 30.8 Å². The minimum Gasteiger partial charge on any atom is -0.486 e. The Labute approximate surface area is 176 Å². The third-order valence-electron chi connectivity index (χ3n) is 4.44. The average molecular weight is 435 g/mol.